The third-order valence-electron chi connectivity index (χ3n) is 3.66. The summed E-state index contributed by atoms with van der Waals surface area (Å²) in [6.07, 6.45) is 3.03. The van der Waals surface area contributed by atoms with Gasteiger partial charge in [-0.25, -0.2) is 0 Å². The van der Waals surface area contributed by atoms with E-state index in [9.17, 15) is 9.59 Å². The third kappa shape index (κ3) is 3.65. The Morgan fingerprint density at radius 3 is 2.73 bits per heavy atom. The van der Waals surface area contributed by atoms with E-state index in [1.165, 1.54) is 0 Å². The average Bonchev–Trinajstić information content (AvgIpc) is 2.87. The molecule has 2 rings (SSSR count). The summed E-state index contributed by atoms with van der Waals surface area (Å²) in [6, 6.07) is 7.26. The van der Waals surface area contributed by atoms with Crippen LogP contribution in [0.3, 0.4) is 0 Å². The van der Waals surface area contributed by atoms with Gasteiger partial charge in [0, 0.05) is 37.1 Å². The van der Waals surface area contributed by atoms with Crippen LogP contribution >= 0.6 is 0 Å². The average molecular weight is 303 g/mol. The topological polar surface area (TPSA) is 83.4 Å². The van der Waals surface area contributed by atoms with Crippen LogP contribution in [0.15, 0.2) is 30.5 Å². The SMILES string of the molecule is CCC(CCO)NC(=O)C(=O)Nc1ccc2ccn(C)c2c1. The van der Waals surface area contributed by atoms with Crippen LogP contribution in [0, 0.1) is 0 Å². The van der Waals surface area contributed by atoms with Crippen molar-refractivity contribution in [3.63, 3.8) is 0 Å². The van der Waals surface area contributed by atoms with E-state index in [-0.39, 0.29) is 12.6 Å². The van der Waals surface area contributed by atoms with Gasteiger partial charge in [0.1, 0.15) is 0 Å². The van der Waals surface area contributed by atoms with E-state index in [1.54, 1.807) is 6.07 Å². The fourth-order valence-electron chi connectivity index (χ4n) is 2.31. The van der Waals surface area contributed by atoms with Gasteiger partial charge < -0.3 is 20.3 Å². The molecule has 0 radical (unpaired) electrons. The maximum atomic E-state index is 11.9. The molecular weight excluding hydrogens is 282 g/mol. The van der Waals surface area contributed by atoms with E-state index in [0.29, 0.717) is 18.5 Å². The number of hydrogen-bond donors (Lipinski definition) is 3. The Bertz CT molecular complexity index is 678. The lowest BCUT2D eigenvalue weighted by Crippen LogP contribution is -2.42. The maximum absolute atomic E-state index is 11.9. The highest BCUT2D eigenvalue weighted by molar-refractivity contribution is 6.39. The van der Waals surface area contributed by atoms with Gasteiger partial charge in [-0.05, 0) is 36.4 Å². The second-order valence-corrected chi connectivity index (χ2v) is 5.25. The standard InChI is InChI=1S/C16H21N3O3/c1-3-12(7-9-20)17-15(21)16(22)18-13-5-4-11-6-8-19(2)14(11)10-13/h4-6,8,10,12,20H,3,7,9H2,1-2H3,(H,17,21)(H,18,22). The van der Waals surface area contributed by atoms with Crippen LogP contribution in [0.2, 0.25) is 0 Å². The van der Waals surface area contributed by atoms with Crippen molar-refractivity contribution in [1.29, 1.82) is 0 Å². The molecule has 1 unspecified atom stereocenters. The Morgan fingerprint density at radius 1 is 1.27 bits per heavy atom. The molecule has 0 saturated carbocycles. The molecule has 6 nitrogen and oxygen atoms in total. The Kier molecular flexibility index (Phi) is 5.16. The first-order chi connectivity index (χ1) is 10.5. The number of nitrogens with zero attached hydrogens (tertiary/aromatic N) is 1. The van der Waals surface area contributed by atoms with Gasteiger partial charge in [-0.15, -0.1) is 0 Å². The van der Waals surface area contributed by atoms with E-state index in [0.717, 1.165) is 10.9 Å². The number of hydrogen-bond acceptors (Lipinski definition) is 3. The molecule has 0 bridgehead atoms. The number of nitrogens with one attached hydrogen (secondary N) is 2. The molecule has 0 saturated heterocycles. The zero-order valence-corrected chi connectivity index (χ0v) is 12.8. The molecule has 0 spiro atoms. The quantitative estimate of drug-likeness (QED) is 0.730. The molecule has 22 heavy (non-hydrogen) atoms. The molecule has 1 atom stereocenters. The van der Waals surface area contributed by atoms with Crippen molar-refractivity contribution in [2.45, 2.75) is 25.8 Å². The van der Waals surface area contributed by atoms with Gasteiger partial charge in [-0.3, -0.25) is 9.59 Å². The monoisotopic (exact) mass is 303 g/mol. The number of aliphatic hydroxyl groups is 1. The molecule has 1 aromatic heterocycles. The smallest absolute Gasteiger partial charge is 0.313 e. The zero-order valence-electron chi connectivity index (χ0n) is 12.8. The molecule has 1 heterocycles. The first-order valence-corrected chi connectivity index (χ1v) is 7.33. The summed E-state index contributed by atoms with van der Waals surface area (Å²) in [5.41, 5.74) is 1.55. The van der Waals surface area contributed by atoms with Gasteiger partial charge in [0.25, 0.3) is 0 Å². The fourth-order valence-corrected chi connectivity index (χ4v) is 2.31. The third-order valence-corrected chi connectivity index (χ3v) is 3.66. The number of fused-ring (bicyclic) bond motifs is 1. The van der Waals surface area contributed by atoms with Crippen LogP contribution in [0.25, 0.3) is 10.9 Å². The fraction of sp³-hybridized carbons (Fsp3) is 0.375. The van der Waals surface area contributed by atoms with Crippen molar-refractivity contribution in [1.82, 2.24) is 9.88 Å². The Morgan fingerprint density at radius 2 is 2.05 bits per heavy atom. The Balaban J connectivity index is 2.03. The van der Waals surface area contributed by atoms with E-state index in [2.05, 4.69) is 10.6 Å². The molecule has 0 aliphatic heterocycles. The van der Waals surface area contributed by atoms with Gasteiger partial charge in [0.05, 0.1) is 0 Å². The van der Waals surface area contributed by atoms with Gasteiger partial charge in [0.2, 0.25) is 0 Å². The molecule has 118 valence electrons. The summed E-state index contributed by atoms with van der Waals surface area (Å²) in [5, 5.41) is 15.2. The van der Waals surface area contributed by atoms with Crippen LogP contribution in [-0.2, 0) is 16.6 Å². The molecule has 1 aromatic carbocycles. The van der Waals surface area contributed by atoms with Gasteiger partial charge in [0.15, 0.2) is 0 Å². The number of amides is 2. The van der Waals surface area contributed by atoms with E-state index < -0.39 is 11.8 Å². The van der Waals surface area contributed by atoms with Crippen LogP contribution in [0.1, 0.15) is 19.8 Å². The van der Waals surface area contributed by atoms with E-state index in [4.69, 9.17) is 5.11 Å². The summed E-state index contributed by atoms with van der Waals surface area (Å²) < 4.78 is 1.94. The second-order valence-electron chi connectivity index (χ2n) is 5.25. The van der Waals surface area contributed by atoms with Crippen LogP contribution in [0.4, 0.5) is 5.69 Å². The van der Waals surface area contributed by atoms with Gasteiger partial charge in [-0.2, -0.15) is 0 Å². The number of rotatable bonds is 5. The van der Waals surface area contributed by atoms with Crippen LogP contribution in [0.5, 0.6) is 0 Å². The summed E-state index contributed by atoms with van der Waals surface area (Å²) in [6.45, 7) is 1.87. The first-order valence-electron chi connectivity index (χ1n) is 7.33. The summed E-state index contributed by atoms with van der Waals surface area (Å²) in [7, 11) is 1.92. The predicted octanol–water partition coefficient (Wildman–Crippen LogP) is 1.39. The summed E-state index contributed by atoms with van der Waals surface area (Å²) in [4.78, 5) is 23.8. The molecule has 0 aliphatic rings. The summed E-state index contributed by atoms with van der Waals surface area (Å²) in [5.74, 6) is -1.39. The van der Waals surface area contributed by atoms with Gasteiger partial charge >= 0.3 is 11.8 Å². The van der Waals surface area contributed by atoms with E-state index >= 15 is 0 Å². The number of anilines is 1. The van der Waals surface area contributed by atoms with Crippen molar-refractivity contribution >= 4 is 28.4 Å². The minimum Gasteiger partial charge on any atom is -0.396 e. The molecule has 2 aromatic rings. The lowest BCUT2D eigenvalue weighted by molar-refractivity contribution is -0.136. The number of carbonyl (C=O) groups excluding carboxylic acids is 2. The molecule has 0 fully saturated rings. The minimum atomic E-state index is -0.704. The van der Waals surface area contributed by atoms with Crippen molar-refractivity contribution in [3.8, 4) is 0 Å². The number of benzene rings is 1. The Labute approximate surface area is 129 Å². The van der Waals surface area contributed by atoms with Crippen molar-refractivity contribution in [2.75, 3.05) is 11.9 Å². The molecule has 3 N–H and O–H groups in total. The largest absolute Gasteiger partial charge is 0.396 e. The normalized spacial score (nSPS) is 12.1. The first kappa shape index (κ1) is 16.0. The van der Waals surface area contributed by atoms with Crippen LogP contribution in [-0.4, -0.2) is 34.1 Å². The number of aliphatic hydroxyl groups excluding tert-OH is 1. The van der Waals surface area contributed by atoms with Crippen molar-refractivity contribution in [3.05, 3.63) is 30.5 Å². The van der Waals surface area contributed by atoms with Crippen molar-refractivity contribution in [2.24, 2.45) is 7.05 Å². The maximum Gasteiger partial charge on any atom is 0.313 e. The molecule has 0 aliphatic carbocycles. The Hall–Kier alpha value is -2.34. The molecule has 2 amide bonds. The van der Waals surface area contributed by atoms with Gasteiger partial charge in [-0.1, -0.05) is 13.0 Å². The van der Waals surface area contributed by atoms with Crippen molar-refractivity contribution < 1.29 is 14.7 Å². The lowest BCUT2D eigenvalue weighted by Gasteiger charge is -2.15. The predicted molar refractivity (Wildman–Crippen MR) is 85.5 cm³/mol. The molecular formula is C16H21N3O3. The minimum absolute atomic E-state index is 0.0233. The highest BCUT2D eigenvalue weighted by Gasteiger charge is 2.17. The zero-order chi connectivity index (χ0) is 16.1. The molecule has 6 heteroatoms. The lowest BCUT2D eigenvalue weighted by atomic mass is 10.1. The highest BCUT2D eigenvalue weighted by Crippen LogP contribution is 2.19. The highest BCUT2D eigenvalue weighted by atomic mass is 16.3. The second kappa shape index (κ2) is 7.09. The number of aromatic nitrogens is 1. The number of carbonyl (C=O) groups is 2. The summed E-state index contributed by atoms with van der Waals surface area (Å²) >= 11 is 0. The van der Waals surface area contributed by atoms with Crippen LogP contribution < -0.4 is 10.6 Å². The number of aryl methyl sites for hydroxylation is 1. The van der Waals surface area contributed by atoms with E-state index in [1.807, 2.05) is 42.9 Å².